The van der Waals surface area contributed by atoms with Gasteiger partial charge in [0.15, 0.2) is 0 Å². The number of likely N-dealkylation sites (tertiary alicyclic amines) is 1. The van der Waals surface area contributed by atoms with Crippen LogP contribution in [-0.2, 0) is 4.79 Å². The monoisotopic (exact) mass is 329 g/mol. The lowest BCUT2D eigenvalue weighted by Crippen LogP contribution is -2.40. The van der Waals surface area contributed by atoms with Crippen LogP contribution < -0.4 is 0 Å². The van der Waals surface area contributed by atoms with Crippen LogP contribution in [0.1, 0.15) is 36.0 Å². The van der Waals surface area contributed by atoms with Crippen LogP contribution in [0, 0.1) is 5.92 Å². The highest BCUT2D eigenvalue weighted by Gasteiger charge is 2.26. The fraction of sp³-hybridized carbons (Fsp3) is 0.467. The molecule has 0 spiro atoms. The summed E-state index contributed by atoms with van der Waals surface area (Å²) in [7, 11) is 0. The molecule has 1 aromatic rings. The number of piperidine rings is 1. The third-order valence-corrected chi connectivity index (χ3v) is 4.30. The summed E-state index contributed by atoms with van der Waals surface area (Å²) in [6.45, 7) is 1.25. The average molecular weight is 330 g/mol. The minimum atomic E-state index is -0.795. The van der Waals surface area contributed by atoms with Crippen molar-refractivity contribution in [2.75, 3.05) is 13.1 Å². The van der Waals surface area contributed by atoms with Gasteiger partial charge in [0.05, 0.1) is 10.6 Å². The largest absolute Gasteiger partial charge is 0.481 e. The molecule has 6 heteroatoms. The van der Waals surface area contributed by atoms with E-state index >= 15 is 0 Å². The van der Waals surface area contributed by atoms with E-state index in [-0.39, 0.29) is 18.2 Å². The molecule has 0 bridgehead atoms. The highest BCUT2D eigenvalue weighted by Crippen LogP contribution is 2.26. The van der Waals surface area contributed by atoms with Crippen LogP contribution in [0.5, 0.6) is 0 Å². The van der Waals surface area contributed by atoms with Crippen LogP contribution in [0.2, 0.25) is 10.0 Å². The zero-order valence-electron chi connectivity index (χ0n) is 11.5. The fourth-order valence-corrected chi connectivity index (χ4v) is 3.01. The van der Waals surface area contributed by atoms with Crippen molar-refractivity contribution in [3.8, 4) is 0 Å². The third-order valence-electron chi connectivity index (χ3n) is 3.73. The number of aliphatic carboxylic acids is 1. The summed E-state index contributed by atoms with van der Waals surface area (Å²) in [5.74, 6) is -0.698. The van der Waals surface area contributed by atoms with E-state index in [1.807, 2.05) is 0 Å². The first-order valence-corrected chi connectivity index (χ1v) is 7.69. The number of benzene rings is 1. The lowest BCUT2D eigenvalue weighted by Gasteiger charge is -2.33. The van der Waals surface area contributed by atoms with E-state index in [4.69, 9.17) is 28.3 Å². The number of hydrogen-bond acceptors (Lipinski definition) is 2. The molecule has 4 nitrogen and oxygen atoms in total. The van der Waals surface area contributed by atoms with Gasteiger partial charge in [-0.1, -0.05) is 23.2 Å². The van der Waals surface area contributed by atoms with Crippen molar-refractivity contribution in [2.24, 2.45) is 5.92 Å². The van der Waals surface area contributed by atoms with Gasteiger partial charge in [-0.3, -0.25) is 9.59 Å². The summed E-state index contributed by atoms with van der Waals surface area (Å²) < 4.78 is 0. The van der Waals surface area contributed by atoms with Gasteiger partial charge in [0.25, 0.3) is 5.91 Å². The molecule has 2 rings (SSSR count). The minimum Gasteiger partial charge on any atom is -0.481 e. The number of carboxylic acid groups (broad SMARTS) is 1. The van der Waals surface area contributed by atoms with E-state index in [0.29, 0.717) is 35.1 Å². The van der Waals surface area contributed by atoms with E-state index < -0.39 is 5.97 Å². The number of amides is 1. The van der Waals surface area contributed by atoms with E-state index in [0.717, 1.165) is 12.8 Å². The molecular weight excluding hydrogens is 313 g/mol. The second-order valence-electron chi connectivity index (χ2n) is 5.32. The van der Waals surface area contributed by atoms with Gasteiger partial charge in [-0.2, -0.15) is 0 Å². The maximum atomic E-state index is 12.5. The topological polar surface area (TPSA) is 57.6 Å². The number of rotatable bonds is 4. The Kier molecular flexibility index (Phi) is 5.48. The molecule has 1 aliphatic rings. The molecule has 1 aliphatic heterocycles. The van der Waals surface area contributed by atoms with Gasteiger partial charge in [0.2, 0.25) is 0 Å². The van der Waals surface area contributed by atoms with Gasteiger partial charge >= 0.3 is 5.97 Å². The van der Waals surface area contributed by atoms with Crippen molar-refractivity contribution in [1.29, 1.82) is 0 Å². The van der Waals surface area contributed by atoms with Crippen molar-refractivity contribution in [1.82, 2.24) is 4.90 Å². The van der Waals surface area contributed by atoms with Crippen molar-refractivity contribution in [3.05, 3.63) is 33.8 Å². The molecule has 0 aliphatic carbocycles. The maximum Gasteiger partial charge on any atom is 0.303 e. The zero-order valence-corrected chi connectivity index (χ0v) is 13.0. The van der Waals surface area contributed by atoms with Crippen LogP contribution in [0.4, 0.5) is 0 Å². The first-order chi connectivity index (χ1) is 9.97. The molecule has 1 atom stereocenters. The predicted octanol–water partition coefficient (Wildman–Crippen LogP) is 3.71. The Hall–Kier alpha value is -1.26. The minimum absolute atomic E-state index is 0.137. The number of hydrogen-bond donors (Lipinski definition) is 1. The Morgan fingerprint density at radius 1 is 1.33 bits per heavy atom. The number of halogens is 2. The van der Waals surface area contributed by atoms with Gasteiger partial charge in [-0.25, -0.2) is 0 Å². The lowest BCUT2D eigenvalue weighted by atomic mass is 9.93. The molecule has 1 heterocycles. The fourth-order valence-electron chi connectivity index (χ4n) is 2.64. The Labute approximate surface area is 133 Å². The summed E-state index contributed by atoms with van der Waals surface area (Å²) in [4.78, 5) is 24.9. The summed E-state index contributed by atoms with van der Waals surface area (Å²) in [6.07, 6.45) is 2.58. The standard InChI is InChI=1S/C15H17Cl2NO3/c16-11-4-5-13(17)12(8-11)15(21)18-7-1-2-10(9-18)3-6-14(19)20/h4-5,8,10H,1-3,6-7,9H2,(H,19,20)/t10-/m0/s1. The average Bonchev–Trinajstić information content (AvgIpc) is 2.47. The first-order valence-electron chi connectivity index (χ1n) is 6.93. The molecule has 1 fully saturated rings. The molecule has 0 saturated carbocycles. The van der Waals surface area contributed by atoms with Crippen LogP contribution in [0.3, 0.4) is 0 Å². The van der Waals surface area contributed by atoms with Crippen LogP contribution in [-0.4, -0.2) is 35.0 Å². The Balaban J connectivity index is 2.05. The number of nitrogens with zero attached hydrogens (tertiary/aromatic N) is 1. The molecule has 114 valence electrons. The Morgan fingerprint density at radius 3 is 2.81 bits per heavy atom. The maximum absolute atomic E-state index is 12.5. The first kappa shape index (κ1) is 16.1. The van der Waals surface area contributed by atoms with Crippen molar-refractivity contribution in [2.45, 2.75) is 25.7 Å². The van der Waals surface area contributed by atoms with Crippen LogP contribution in [0.15, 0.2) is 18.2 Å². The number of carboxylic acids is 1. The highest BCUT2D eigenvalue weighted by molar-refractivity contribution is 6.35. The van der Waals surface area contributed by atoms with Crippen molar-refractivity contribution < 1.29 is 14.7 Å². The van der Waals surface area contributed by atoms with Crippen molar-refractivity contribution in [3.63, 3.8) is 0 Å². The molecule has 1 saturated heterocycles. The Morgan fingerprint density at radius 2 is 2.10 bits per heavy atom. The van der Waals surface area contributed by atoms with E-state index in [2.05, 4.69) is 0 Å². The SMILES string of the molecule is O=C(O)CC[C@@H]1CCCN(C(=O)c2cc(Cl)ccc2Cl)C1. The quantitative estimate of drug-likeness (QED) is 0.915. The molecule has 1 amide bonds. The zero-order chi connectivity index (χ0) is 15.4. The second kappa shape index (κ2) is 7.14. The summed E-state index contributed by atoms with van der Waals surface area (Å²) >= 11 is 12.0. The predicted molar refractivity (Wildman–Crippen MR) is 82.0 cm³/mol. The molecule has 0 unspecified atom stereocenters. The van der Waals surface area contributed by atoms with Crippen LogP contribution in [0.25, 0.3) is 0 Å². The van der Waals surface area contributed by atoms with E-state index in [1.165, 1.54) is 0 Å². The van der Waals surface area contributed by atoms with Crippen LogP contribution >= 0.6 is 23.2 Å². The van der Waals surface area contributed by atoms with Gasteiger partial charge in [0, 0.05) is 24.5 Å². The summed E-state index contributed by atoms with van der Waals surface area (Å²) in [5.41, 5.74) is 0.406. The Bertz CT molecular complexity index is 548. The smallest absolute Gasteiger partial charge is 0.303 e. The van der Waals surface area contributed by atoms with E-state index in [1.54, 1.807) is 23.1 Å². The lowest BCUT2D eigenvalue weighted by molar-refractivity contribution is -0.137. The van der Waals surface area contributed by atoms with Gasteiger partial charge < -0.3 is 10.0 Å². The molecule has 1 N–H and O–H groups in total. The molecular formula is C15H17Cl2NO3. The van der Waals surface area contributed by atoms with Gasteiger partial charge in [-0.05, 0) is 43.4 Å². The number of carbonyl (C=O) groups is 2. The second-order valence-corrected chi connectivity index (χ2v) is 6.16. The highest BCUT2D eigenvalue weighted by atomic mass is 35.5. The summed E-state index contributed by atoms with van der Waals surface area (Å²) in [5, 5.41) is 9.61. The molecule has 0 aromatic heterocycles. The van der Waals surface area contributed by atoms with Gasteiger partial charge in [0.1, 0.15) is 0 Å². The number of carbonyl (C=O) groups excluding carboxylic acids is 1. The molecule has 21 heavy (non-hydrogen) atoms. The van der Waals surface area contributed by atoms with E-state index in [9.17, 15) is 9.59 Å². The van der Waals surface area contributed by atoms with Crippen molar-refractivity contribution >= 4 is 35.1 Å². The normalized spacial score (nSPS) is 18.6. The summed E-state index contributed by atoms with van der Waals surface area (Å²) in [6, 6.07) is 4.84. The van der Waals surface area contributed by atoms with Gasteiger partial charge in [-0.15, -0.1) is 0 Å². The molecule has 1 aromatic carbocycles. The molecule has 0 radical (unpaired) electrons. The third kappa shape index (κ3) is 4.35.